The Kier molecular flexibility index (Phi) is 6.04. The van der Waals surface area contributed by atoms with Gasteiger partial charge in [-0.05, 0) is 60.7 Å². The Morgan fingerprint density at radius 1 is 0.968 bits per heavy atom. The van der Waals surface area contributed by atoms with Crippen LogP contribution in [0.15, 0.2) is 83.3 Å². The number of aromatic nitrogens is 1. The first kappa shape index (κ1) is 20.7. The van der Waals surface area contributed by atoms with Crippen molar-refractivity contribution >= 4 is 44.4 Å². The molecule has 0 fully saturated rings. The number of ether oxygens (including phenoxy) is 1. The van der Waals surface area contributed by atoms with Crippen LogP contribution in [0.25, 0.3) is 22.2 Å². The summed E-state index contributed by atoms with van der Waals surface area (Å²) in [6.45, 7) is -0.433. The van der Waals surface area contributed by atoms with E-state index in [4.69, 9.17) is 4.74 Å². The second kappa shape index (κ2) is 9.06. The lowest BCUT2D eigenvalue weighted by Crippen LogP contribution is -2.21. The Morgan fingerprint density at radius 3 is 2.42 bits per heavy atom. The van der Waals surface area contributed by atoms with E-state index in [1.165, 1.54) is 12.1 Å². The number of para-hydroxylation sites is 1. The normalized spacial score (nSPS) is 10.6. The van der Waals surface area contributed by atoms with E-state index in [1.54, 1.807) is 60.7 Å². The smallest absolute Gasteiger partial charge is 0.339 e. The van der Waals surface area contributed by atoms with Crippen molar-refractivity contribution < 1.29 is 18.7 Å². The van der Waals surface area contributed by atoms with Gasteiger partial charge in [-0.3, -0.25) is 4.79 Å². The van der Waals surface area contributed by atoms with E-state index >= 15 is 0 Å². The van der Waals surface area contributed by atoms with Crippen LogP contribution < -0.4 is 5.32 Å². The SMILES string of the molecule is O=C(COC(=O)c1cc(-c2ccc(F)cc2)nc2ccccc12)Nc1ccc(Br)cc1. The number of benzene rings is 3. The molecule has 0 aliphatic carbocycles. The molecule has 1 amide bonds. The third kappa shape index (κ3) is 4.95. The van der Waals surface area contributed by atoms with Crippen LogP contribution in [-0.2, 0) is 9.53 Å². The summed E-state index contributed by atoms with van der Waals surface area (Å²) in [5.41, 5.74) is 2.63. The van der Waals surface area contributed by atoms with Gasteiger partial charge in [-0.1, -0.05) is 34.1 Å². The number of pyridine rings is 1. The highest BCUT2D eigenvalue weighted by Gasteiger charge is 2.16. The van der Waals surface area contributed by atoms with Gasteiger partial charge in [0.25, 0.3) is 5.91 Å². The molecule has 0 atom stereocenters. The zero-order chi connectivity index (χ0) is 21.8. The summed E-state index contributed by atoms with van der Waals surface area (Å²) in [5.74, 6) is -1.46. The van der Waals surface area contributed by atoms with Crippen molar-refractivity contribution in [2.75, 3.05) is 11.9 Å². The van der Waals surface area contributed by atoms with E-state index in [-0.39, 0.29) is 11.4 Å². The number of nitrogens with one attached hydrogen (secondary N) is 1. The van der Waals surface area contributed by atoms with Gasteiger partial charge in [-0.2, -0.15) is 0 Å². The fourth-order valence-corrected chi connectivity index (χ4v) is 3.32. The summed E-state index contributed by atoms with van der Waals surface area (Å²) in [4.78, 5) is 29.5. The summed E-state index contributed by atoms with van der Waals surface area (Å²) < 4.78 is 19.4. The molecule has 31 heavy (non-hydrogen) atoms. The molecule has 1 heterocycles. The minimum absolute atomic E-state index is 0.279. The average Bonchev–Trinajstić information content (AvgIpc) is 2.79. The maximum Gasteiger partial charge on any atom is 0.339 e. The van der Waals surface area contributed by atoms with Crippen molar-refractivity contribution in [1.29, 1.82) is 0 Å². The Balaban J connectivity index is 1.55. The van der Waals surface area contributed by atoms with Crippen molar-refractivity contribution in [2.24, 2.45) is 0 Å². The number of nitrogens with zero attached hydrogens (tertiary/aromatic N) is 1. The number of hydrogen-bond donors (Lipinski definition) is 1. The maximum absolute atomic E-state index is 13.3. The van der Waals surface area contributed by atoms with Crippen LogP contribution in [0.4, 0.5) is 10.1 Å². The molecule has 3 aromatic carbocycles. The van der Waals surface area contributed by atoms with Gasteiger partial charge >= 0.3 is 5.97 Å². The highest BCUT2D eigenvalue weighted by molar-refractivity contribution is 9.10. The molecule has 0 saturated carbocycles. The molecule has 0 bridgehead atoms. The predicted octanol–water partition coefficient (Wildman–Crippen LogP) is 5.60. The van der Waals surface area contributed by atoms with Crippen LogP contribution in [0, 0.1) is 5.82 Å². The fourth-order valence-electron chi connectivity index (χ4n) is 3.05. The lowest BCUT2D eigenvalue weighted by atomic mass is 10.0. The zero-order valence-corrected chi connectivity index (χ0v) is 17.7. The third-order valence-electron chi connectivity index (χ3n) is 4.54. The number of carbonyl (C=O) groups is 2. The number of halogens is 2. The molecule has 154 valence electrons. The van der Waals surface area contributed by atoms with Crippen LogP contribution in [0.2, 0.25) is 0 Å². The Labute approximate surface area is 186 Å². The van der Waals surface area contributed by atoms with Gasteiger partial charge in [-0.15, -0.1) is 0 Å². The Morgan fingerprint density at radius 2 is 1.68 bits per heavy atom. The first-order valence-electron chi connectivity index (χ1n) is 9.38. The lowest BCUT2D eigenvalue weighted by molar-refractivity contribution is -0.119. The van der Waals surface area contributed by atoms with Gasteiger partial charge in [-0.25, -0.2) is 14.2 Å². The summed E-state index contributed by atoms with van der Waals surface area (Å²) >= 11 is 3.33. The van der Waals surface area contributed by atoms with E-state index in [0.717, 1.165) is 4.47 Å². The van der Waals surface area contributed by atoms with Crippen molar-refractivity contribution in [1.82, 2.24) is 4.98 Å². The van der Waals surface area contributed by atoms with Gasteiger partial charge < -0.3 is 10.1 Å². The highest BCUT2D eigenvalue weighted by Crippen LogP contribution is 2.25. The average molecular weight is 479 g/mol. The second-order valence-corrected chi connectivity index (χ2v) is 7.63. The molecule has 1 aromatic heterocycles. The van der Waals surface area contributed by atoms with Gasteiger partial charge in [0.1, 0.15) is 5.82 Å². The first-order valence-corrected chi connectivity index (χ1v) is 10.2. The van der Waals surface area contributed by atoms with Gasteiger partial charge in [0.05, 0.1) is 16.8 Å². The molecular formula is C24H16BrFN2O3. The van der Waals surface area contributed by atoms with E-state index in [2.05, 4.69) is 26.2 Å². The monoisotopic (exact) mass is 478 g/mol. The molecular weight excluding hydrogens is 463 g/mol. The molecule has 0 unspecified atom stereocenters. The predicted molar refractivity (Wildman–Crippen MR) is 120 cm³/mol. The minimum atomic E-state index is -0.645. The number of fused-ring (bicyclic) bond motifs is 1. The number of carbonyl (C=O) groups excluding carboxylic acids is 2. The maximum atomic E-state index is 13.3. The van der Waals surface area contributed by atoms with Gasteiger partial charge in [0.2, 0.25) is 0 Å². The summed E-state index contributed by atoms with van der Waals surface area (Å²) in [5, 5.41) is 3.27. The molecule has 5 nitrogen and oxygen atoms in total. The minimum Gasteiger partial charge on any atom is -0.452 e. The Hall–Kier alpha value is -3.58. The molecule has 4 rings (SSSR count). The molecule has 4 aromatic rings. The van der Waals surface area contributed by atoms with Gasteiger partial charge in [0, 0.05) is 21.1 Å². The zero-order valence-electron chi connectivity index (χ0n) is 16.1. The standard InChI is InChI=1S/C24H16BrFN2O3/c25-16-7-11-18(12-8-16)27-23(29)14-31-24(30)20-13-22(15-5-9-17(26)10-6-15)28-21-4-2-1-3-19(20)21/h1-13H,14H2,(H,27,29). The van der Waals surface area contributed by atoms with Crippen molar-refractivity contribution in [3.8, 4) is 11.3 Å². The fraction of sp³-hybridized carbons (Fsp3) is 0.0417. The summed E-state index contributed by atoms with van der Waals surface area (Å²) in [6.07, 6.45) is 0. The second-order valence-electron chi connectivity index (χ2n) is 6.71. The van der Waals surface area contributed by atoms with Crippen molar-refractivity contribution in [3.05, 3.63) is 94.7 Å². The summed E-state index contributed by atoms with van der Waals surface area (Å²) in [6, 6.07) is 21.6. The van der Waals surface area contributed by atoms with E-state index < -0.39 is 18.5 Å². The molecule has 0 aliphatic heterocycles. The molecule has 7 heteroatoms. The topological polar surface area (TPSA) is 68.3 Å². The summed E-state index contributed by atoms with van der Waals surface area (Å²) in [7, 11) is 0. The van der Waals surface area contributed by atoms with Crippen molar-refractivity contribution in [2.45, 2.75) is 0 Å². The number of rotatable bonds is 5. The van der Waals surface area contributed by atoms with Crippen LogP contribution >= 0.6 is 15.9 Å². The van der Waals surface area contributed by atoms with Crippen LogP contribution in [0.5, 0.6) is 0 Å². The number of amides is 1. The number of hydrogen-bond acceptors (Lipinski definition) is 4. The number of anilines is 1. The number of esters is 1. The molecule has 0 spiro atoms. The van der Waals surface area contributed by atoms with Crippen LogP contribution in [-0.4, -0.2) is 23.5 Å². The third-order valence-corrected chi connectivity index (χ3v) is 5.07. The largest absolute Gasteiger partial charge is 0.452 e. The molecule has 1 N–H and O–H groups in total. The van der Waals surface area contributed by atoms with E-state index in [0.29, 0.717) is 27.8 Å². The lowest BCUT2D eigenvalue weighted by Gasteiger charge is -2.10. The van der Waals surface area contributed by atoms with Gasteiger partial charge in [0.15, 0.2) is 6.61 Å². The van der Waals surface area contributed by atoms with E-state index in [1.807, 2.05) is 6.07 Å². The molecule has 0 aliphatic rings. The van der Waals surface area contributed by atoms with Crippen LogP contribution in [0.3, 0.4) is 0 Å². The molecule has 0 saturated heterocycles. The van der Waals surface area contributed by atoms with E-state index in [9.17, 15) is 14.0 Å². The molecule has 0 radical (unpaired) electrons. The highest BCUT2D eigenvalue weighted by atomic mass is 79.9. The van der Waals surface area contributed by atoms with Crippen molar-refractivity contribution in [3.63, 3.8) is 0 Å². The Bertz CT molecular complexity index is 1260. The van der Waals surface area contributed by atoms with Crippen LogP contribution in [0.1, 0.15) is 10.4 Å². The first-order chi connectivity index (χ1) is 15.0. The quantitative estimate of drug-likeness (QED) is 0.379.